The smallest absolute Gasteiger partial charge is 0.241 e. The molecule has 2 rings (SSSR count). The van der Waals surface area contributed by atoms with Crippen LogP contribution >= 0.6 is 0 Å². The van der Waals surface area contributed by atoms with Crippen LogP contribution in [0, 0.1) is 11.8 Å². The van der Waals surface area contributed by atoms with E-state index < -0.39 is 0 Å². The van der Waals surface area contributed by atoms with E-state index in [2.05, 4.69) is 37.9 Å². The zero-order valence-electron chi connectivity index (χ0n) is 13.7. The number of hydrogen-bond acceptors (Lipinski definition) is 2. The van der Waals surface area contributed by atoms with Gasteiger partial charge in [-0.2, -0.15) is 0 Å². The van der Waals surface area contributed by atoms with Crippen LogP contribution in [-0.4, -0.2) is 29.1 Å². The van der Waals surface area contributed by atoms with Crippen LogP contribution in [0.1, 0.15) is 72.6 Å². The quantitative estimate of drug-likeness (QED) is 0.835. The molecular weight excluding hydrogens is 248 g/mol. The van der Waals surface area contributed by atoms with E-state index in [0.717, 1.165) is 12.8 Å². The highest BCUT2D eigenvalue weighted by molar-refractivity contribution is 5.84. The molecule has 1 aliphatic heterocycles. The standard InChI is InChI=1S/C17H32N2O/c1-5-13-9-7-8-10-15(13)19-16(11-12(3)4)18-14(6-2)17(19)20/h12-16,18H,5-11H2,1-4H3. The van der Waals surface area contributed by atoms with Crippen molar-refractivity contribution in [3.05, 3.63) is 0 Å². The Morgan fingerprint density at radius 3 is 2.50 bits per heavy atom. The minimum Gasteiger partial charge on any atom is -0.323 e. The summed E-state index contributed by atoms with van der Waals surface area (Å²) in [7, 11) is 0. The molecule has 0 spiro atoms. The number of rotatable bonds is 5. The third-order valence-electron chi connectivity index (χ3n) is 5.14. The predicted octanol–water partition coefficient (Wildman–Crippen LogP) is 3.54. The Kier molecular flexibility index (Phi) is 5.48. The lowest BCUT2D eigenvalue weighted by Gasteiger charge is -2.41. The average molecular weight is 280 g/mol. The molecule has 2 fully saturated rings. The van der Waals surface area contributed by atoms with Gasteiger partial charge in [0.2, 0.25) is 5.91 Å². The summed E-state index contributed by atoms with van der Waals surface area (Å²) in [5, 5.41) is 3.59. The fourth-order valence-corrected chi connectivity index (χ4v) is 4.06. The monoisotopic (exact) mass is 280 g/mol. The Balaban J connectivity index is 2.17. The summed E-state index contributed by atoms with van der Waals surface area (Å²) in [4.78, 5) is 15.0. The molecule has 1 saturated heterocycles. The molecule has 1 N–H and O–H groups in total. The van der Waals surface area contributed by atoms with Gasteiger partial charge in [0.05, 0.1) is 12.2 Å². The zero-order chi connectivity index (χ0) is 14.7. The second kappa shape index (κ2) is 6.93. The van der Waals surface area contributed by atoms with Crippen LogP contribution in [0.3, 0.4) is 0 Å². The molecule has 4 atom stereocenters. The first-order valence-electron chi connectivity index (χ1n) is 8.66. The maximum atomic E-state index is 12.8. The molecule has 0 aromatic carbocycles. The Labute approximate surface area is 124 Å². The van der Waals surface area contributed by atoms with Crippen molar-refractivity contribution < 1.29 is 4.79 Å². The van der Waals surface area contributed by atoms with Crippen LogP contribution in [-0.2, 0) is 4.79 Å². The van der Waals surface area contributed by atoms with Crippen molar-refractivity contribution in [1.82, 2.24) is 10.2 Å². The largest absolute Gasteiger partial charge is 0.323 e. The highest BCUT2D eigenvalue weighted by atomic mass is 16.2. The third kappa shape index (κ3) is 3.19. The Morgan fingerprint density at radius 2 is 1.90 bits per heavy atom. The summed E-state index contributed by atoms with van der Waals surface area (Å²) in [5.41, 5.74) is 0. The van der Waals surface area contributed by atoms with Crippen LogP contribution < -0.4 is 5.32 Å². The van der Waals surface area contributed by atoms with Crippen molar-refractivity contribution in [3.8, 4) is 0 Å². The molecule has 1 heterocycles. The lowest BCUT2D eigenvalue weighted by molar-refractivity contribution is -0.134. The van der Waals surface area contributed by atoms with Gasteiger partial charge in [0.15, 0.2) is 0 Å². The molecular formula is C17H32N2O. The van der Waals surface area contributed by atoms with Gasteiger partial charge in [0, 0.05) is 6.04 Å². The molecule has 116 valence electrons. The van der Waals surface area contributed by atoms with Crippen molar-refractivity contribution in [2.24, 2.45) is 11.8 Å². The first kappa shape index (κ1) is 15.8. The number of hydrogen-bond donors (Lipinski definition) is 1. The second-order valence-corrected chi connectivity index (χ2v) is 7.04. The molecule has 1 aliphatic carbocycles. The van der Waals surface area contributed by atoms with Gasteiger partial charge in [0.1, 0.15) is 0 Å². The van der Waals surface area contributed by atoms with E-state index in [9.17, 15) is 4.79 Å². The summed E-state index contributed by atoms with van der Waals surface area (Å²) in [6.07, 6.45) is 8.60. The van der Waals surface area contributed by atoms with Crippen molar-refractivity contribution in [1.29, 1.82) is 0 Å². The lowest BCUT2D eigenvalue weighted by atomic mass is 9.81. The number of nitrogens with zero attached hydrogens (tertiary/aromatic N) is 1. The molecule has 0 radical (unpaired) electrons. The molecule has 3 nitrogen and oxygen atoms in total. The molecule has 0 bridgehead atoms. The molecule has 0 aromatic heterocycles. The molecule has 0 aromatic rings. The number of amides is 1. The van der Waals surface area contributed by atoms with Gasteiger partial charge in [-0.3, -0.25) is 10.1 Å². The third-order valence-corrected chi connectivity index (χ3v) is 5.14. The summed E-state index contributed by atoms with van der Waals surface area (Å²) >= 11 is 0. The second-order valence-electron chi connectivity index (χ2n) is 7.04. The van der Waals surface area contributed by atoms with Gasteiger partial charge in [-0.15, -0.1) is 0 Å². The van der Waals surface area contributed by atoms with Gasteiger partial charge in [0.25, 0.3) is 0 Å². The van der Waals surface area contributed by atoms with Gasteiger partial charge in [-0.25, -0.2) is 0 Å². The molecule has 2 aliphatic rings. The summed E-state index contributed by atoms with van der Waals surface area (Å²) in [6.45, 7) is 8.90. The Morgan fingerprint density at radius 1 is 1.20 bits per heavy atom. The number of nitrogens with one attached hydrogen (secondary N) is 1. The average Bonchev–Trinajstić information content (AvgIpc) is 2.74. The molecule has 20 heavy (non-hydrogen) atoms. The minimum absolute atomic E-state index is 0.0539. The van der Waals surface area contributed by atoms with E-state index in [1.807, 2.05) is 0 Å². The van der Waals surface area contributed by atoms with Crippen LogP contribution in [0.4, 0.5) is 0 Å². The van der Waals surface area contributed by atoms with Crippen LogP contribution in [0.5, 0.6) is 0 Å². The molecule has 3 heteroatoms. The van der Waals surface area contributed by atoms with Crippen LogP contribution in [0.2, 0.25) is 0 Å². The van der Waals surface area contributed by atoms with Gasteiger partial charge in [-0.1, -0.05) is 47.0 Å². The van der Waals surface area contributed by atoms with Gasteiger partial charge in [-0.05, 0) is 37.5 Å². The van der Waals surface area contributed by atoms with Crippen LogP contribution in [0.15, 0.2) is 0 Å². The molecule has 1 saturated carbocycles. The van der Waals surface area contributed by atoms with E-state index in [0.29, 0.717) is 23.8 Å². The highest BCUT2D eigenvalue weighted by Crippen LogP contribution is 2.34. The topological polar surface area (TPSA) is 32.3 Å². The van der Waals surface area contributed by atoms with Gasteiger partial charge >= 0.3 is 0 Å². The molecule has 4 unspecified atom stereocenters. The fourth-order valence-electron chi connectivity index (χ4n) is 4.06. The summed E-state index contributed by atoms with van der Waals surface area (Å²) in [5.74, 6) is 1.70. The normalized spacial score (nSPS) is 35.0. The predicted molar refractivity (Wildman–Crippen MR) is 83.3 cm³/mol. The first-order valence-corrected chi connectivity index (χ1v) is 8.66. The van der Waals surface area contributed by atoms with E-state index in [1.54, 1.807) is 0 Å². The maximum absolute atomic E-state index is 12.8. The van der Waals surface area contributed by atoms with E-state index in [4.69, 9.17) is 0 Å². The van der Waals surface area contributed by atoms with E-state index in [1.165, 1.54) is 32.1 Å². The first-order chi connectivity index (χ1) is 9.58. The fraction of sp³-hybridized carbons (Fsp3) is 0.941. The van der Waals surface area contributed by atoms with Crippen molar-refractivity contribution >= 4 is 5.91 Å². The van der Waals surface area contributed by atoms with E-state index >= 15 is 0 Å². The highest BCUT2D eigenvalue weighted by Gasteiger charge is 2.44. The Hall–Kier alpha value is -0.570. The van der Waals surface area contributed by atoms with Crippen molar-refractivity contribution in [2.45, 2.75) is 90.9 Å². The van der Waals surface area contributed by atoms with Gasteiger partial charge < -0.3 is 4.90 Å². The minimum atomic E-state index is 0.0539. The molecule has 1 amide bonds. The Bertz CT molecular complexity index is 329. The SMILES string of the molecule is CCC1NC(CC(C)C)N(C2CCCCC2CC)C1=O. The van der Waals surface area contributed by atoms with Crippen molar-refractivity contribution in [2.75, 3.05) is 0 Å². The van der Waals surface area contributed by atoms with Crippen LogP contribution in [0.25, 0.3) is 0 Å². The zero-order valence-corrected chi connectivity index (χ0v) is 13.7. The number of carbonyl (C=O) groups excluding carboxylic acids is 1. The summed E-state index contributed by atoms with van der Waals surface area (Å²) < 4.78 is 0. The van der Waals surface area contributed by atoms with Crippen molar-refractivity contribution in [3.63, 3.8) is 0 Å². The van der Waals surface area contributed by atoms with E-state index in [-0.39, 0.29) is 12.2 Å². The lowest BCUT2D eigenvalue weighted by Crippen LogP contribution is -2.49. The maximum Gasteiger partial charge on any atom is 0.241 e. The summed E-state index contributed by atoms with van der Waals surface area (Å²) in [6, 6.07) is 0.534. The number of carbonyl (C=O) groups is 1.